The van der Waals surface area contributed by atoms with Crippen LogP contribution in [-0.2, 0) is 4.79 Å². The fourth-order valence-corrected chi connectivity index (χ4v) is 1.60. The molecule has 1 rings (SSSR count). The predicted octanol–water partition coefficient (Wildman–Crippen LogP) is 2.65. The summed E-state index contributed by atoms with van der Waals surface area (Å²) in [5.74, 6) is -0.0302. The van der Waals surface area contributed by atoms with Crippen LogP contribution in [0.15, 0.2) is 18.3 Å². The molecular weight excluding hydrogens is 197 g/mol. The maximum absolute atomic E-state index is 11.7. The Hall–Kier alpha value is -1.38. The van der Waals surface area contributed by atoms with E-state index < -0.39 is 0 Å². The van der Waals surface area contributed by atoms with Gasteiger partial charge in [-0.3, -0.25) is 9.78 Å². The van der Waals surface area contributed by atoms with E-state index in [0.29, 0.717) is 5.57 Å². The summed E-state index contributed by atoms with van der Waals surface area (Å²) in [5, 5.41) is 0. The fourth-order valence-electron chi connectivity index (χ4n) is 1.60. The molecule has 0 unspecified atom stereocenters. The Bertz CT molecular complexity index is 424. The molecule has 0 saturated carbocycles. The second kappa shape index (κ2) is 5.64. The molecule has 2 radical (unpaired) electrons. The zero-order chi connectivity index (χ0) is 12.1. The fraction of sp³-hybridized carbons (Fsp3) is 0.385. The van der Waals surface area contributed by atoms with Crippen molar-refractivity contribution in [3.05, 3.63) is 35.2 Å². The van der Waals surface area contributed by atoms with E-state index in [9.17, 15) is 4.79 Å². The molecule has 0 atom stereocenters. The van der Waals surface area contributed by atoms with E-state index in [4.69, 9.17) is 7.85 Å². The van der Waals surface area contributed by atoms with Crippen LogP contribution in [0.2, 0.25) is 6.32 Å². The molecule has 3 heteroatoms. The highest BCUT2D eigenvalue weighted by Gasteiger charge is 2.12. The SMILES string of the molecule is [B]CC(=O)/C(=C/CC)c1cc(C)cnc1C. The van der Waals surface area contributed by atoms with Gasteiger partial charge in [-0.1, -0.05) is 13.0 Å². The maximum Gasteiger partial charge on any atom is 0.154 e. The van der Waals surface area contributed by atoms with Gasteiger partial charge < -0.3 is 0 Å². The van der Waals surface area contributed by atoms with Crippen LogP contribution in [0.4, 0.5) is 0 Å². The summed E-state index contributed by atoms with van der Waals surface area (Å²) < 4.78 is 0. The number of nitrogens with zero attached hydrogens (tertiary/aromatic N) is 1. The summed E-state index contributed by atoms with van der Waals surface area (Å²) >= 11 is 0. The van der Waals surface area contributed by atoms with Gasteiger partial charge in [0, 0.05) is 23.0 Å². The van der Waals surface area contributed by atoms with E-state index in [0.717, 1.165) is 23.2 Å². The van der Waals surface area contributed by atoms with Crippen molar-refractivity contribution >= 4 is 19.2 Å². The second-order valence-electron chi connectivity index (χ2n) is 3.80. The molecule has 1 aromatic heterocycles. The van der Waals surface area contributed by atoms with Crippen LogP contribution in [0.1, 0.15) is 30.2 Å². The molecule has 0 N–H and O–H groups in total. The third-order valence-electron chi connectivity index (χ3n) is 2.41. The van der Waals surface area contributed by atoms with E-state index in [-0.39, 0.29) is 12.1 Å². The summed E-state index contributed by atoms with van der Waals surface area (Å²) in [7, 11) is 5.42. The van der Waals surface area contributed by atoms with Crippen LogP contribution >= 0.6 is 0 Å². The minimum absolute atomic E-state index is 0.0302. The standard InChI is InChI=1S/C13H16BNO/c1-4-5-11(13(16)7-14)12-6-9(2)8-15-10(12)3/h5-6,8H,4,7H2,1-3H3/b11-5+. The number of rotatable bonds is 4. The Labute approximate surface area is 98.2 Å². The molecule has 82 valence electrons. The number of pyridine rings is 1. The molecule has 0 aromatic carbocycles. The van der Waals surface area contributed by atoms with Gasteiger partial charge in [-0.15, -0.1) is 0 Å². The maximum atomic E-state index is 11.7. The van der Waals surface area contributed by atoms with Crippen molar-refractivity contribution in [3.63, 3.8) is 0 Å². The number of Topliss-reactive ketones (excluding diaryl/α,β-unsaturated/α-hetero) is 1. The Balaban J connectivity index is 3.26. The number of ketones is 1. The van der Waals surface area contributed by atoms with E-state index in [1.807, 2.05) is 32.9 Å². The van der Waals surface area contributed by atoms with Crippen molar-refractivity contribution in [1.29, 1.82) is 0 Å². The van der Waals surface area contributed by atoms with E-state index in [1.54, 1.807) is 6.20 Å². The van der Waals surface area contributed by atoms with Crippen LogP contribution in [0.25, 0.3) is 5.57 Å². The second-order valence-corrected chi connectivity index (χ2v) is 3.80. The van der Waals surface area contributed by atoms with Crippen molar-refractivity contribution in [3.8, 4) is 0 Å². The monoisotopic (exact) mass is 213 g/mol. The third-order valence-corrected chi connectivity index (χ3v) is 2.41. The number of aromatic nitrogens is 1. The van der Waals surface area contributed by atoms with Gasteiger partial charge in [-0.2, -0.15) is 0 Å². The Morgan fingerprint density at radius 2 is 2.19 bits per heavy atom. The van der Waals surface area contributed by atoms with Crippen molar-refractivity contribution in [2.75, 3.05) is 0 Å². The largest absolute Gasteiger partial charge is 0.295 e. The van der Waals surface area contributed by atoms with Gasteiger partial charge in [0.1, 0.15) is 0 Å². The molecule has 1 aromatic rings. The Kier molecular flexibility index (Phi) is 4.47. The molecule has 0 amide bonds. The topological polar surface area (TPSA) is 30.0 Å². The number of carbonyl (C=O) groups excluding carboxylic acids is 1. The van der Waals surface area contributed by atoms with Gasteiger partial charge in [-0.25, -0.2) is 0 Å². The summed E-state index contributed by atoms with van der Waals surface area (Å²) in [6, 6.07) is 1.98. The molecule has 0 aliphatic heterocycles. The van der Waals surface area contributed by atoms with Crippen molar-refractivity contribution in [2.45, 2.75) is 33.5 Å². The molecule has 0 spiro atoms. The highest BCUT2D eigenvalue weighted by molar-refractivity contribution is 6.33. The van der Waals surface area contributed by atoms with Gasteiger partial charge in [0.05, 0.1) is 7.85 Å². The zero-order valence-corrected chi connectivity index (χ0v) is 10.1. The van der Waals surface area contributed by atoms with Crippen molar-refractivity contribution in [2.24, 2.45) is 0 Å². The third kappa shape index (κ3) is 2.81. The number of allylic oxidation sites excluding steroid dienone is 2. The van der Waals surface area contributed by atoms with Crippen LogP contribution < -0.4 is 0 Å². The first-order valence-electron chi connectivity index (χ1n) is 5.47. The van der Waals surface area contributed by atoms with Gasteiger partial charge in [0.15, 0.2) is 5.78 Å². The molecule has 0 aliphatic rings. The average Bonchev–Trinajstić information content (AvgIpc) is 2.28. The molecule has 0 aliphatic carbocycles. The lowest BCUT2D eigenvalue weighted by molar-refractivity contribution is -0.111. The van der Waals surface area contributed by atoms with E-state index in [1.165, 1.54) is 0 Å². The van der Waals surface area contributed by atoms with Gasteiger partial charge >= 0.3 is 0 Å². The normalized spacial score (nSPS) is 11.6. The molecule has 0 bridgehead atoms. The highest BCUT2D eigenvalue weighted by Crippen LogP contribution is 2.21. The van der Waals surface area contributed by atoms with Crippen molar-refractivity contribution < 1.29 is 4.79 Å². The quantitative estimate of drug-likeness (QED) is 0.568. The van der Waals surface area contributed by atoms with E-state index in [2.05, 4.69) is 4.98 Å². The van der Waals surface area contributed by atoms with Crippen molar-refractivity contribution in [1.82, 2.24) is 4.98 Å². The number of hydrogen-bond donors (Lipinski definition) is 0. The lowest BCUT2D eigenvalue weighted by Crippen LogP contribution is -2.04. The number of aryl methyl sites for hydroxylation is 2. The van der Waals surface area contributed by atoms with Crippen LogP contribution in [-0.4, -0.2) is 18.6 Å². The Morgan fingerprint density at radius 3 is 2.75 bits per heavy atom. The lowest BCUT2D eigenvalue weighted by Gasteiger charge is -2.09. The molecular formula is C13H16BNO. The highest BCUT2D eigenvalue weighted by atomic mass is 16.1. The summed E-state index contributed by atoms with van der Waals surface area (Å²) in [6.45, 7) is 5.87. The minimum atomic E-state index is -0.0302. The zero-order valence-electron chi connectivity index (χ0n) is 10.1. The molecule has 2 nitrogen and oxygen atoms in total. The number of carbonyl (C=O) groups is 1. The first kappa shape index (κ1) is 12.7. The first-order valence-corrected chi connectivity index (χ1v) is 5.47. The van der Waals surface area contributed by atoms with Gasteiger partial charge in [0.25, 0.3) is 0 Å². The van der Waals surface area contributed by atoms with Crippen LogP contribution in [0, 0.1) is 13.8 Å². The molecule has 0 saturated heterocycles. The molecule has 16 heavy (non-hydrogen) atoms. The van der Waals surface area contributed by atoms with E-state index >= 15 is 0 Å². The summed E-state index contributed by atoms with van der Waals surface area (Å²) in [4.78, 5) is 16.0. The summed E-state index contributed by atoms with van der Waals surface area (Å²) in [5.41, 5.74) is 3.51. The number of hydrogen-bond acceptors (Lipinski definition) is 2. The first-order chi connectivity index (χ1) is 7.60. The van der Waals surface area contributed by atoms with Gasteiger partial charge in [0.2, 0.25) is 0 Å². The average molecular weight is 213 g/mol. The minimum Gasteiger partial charge on any atom is -0.295 e. The lowest BCUT2D eigenvalue weighted by atomic mass is 9.90. The predicted molar refractivity (Wildman–Crippen MR) is 67.5 cm³/mol. The van der Waals surface area contributed by atoms with Crippen LogP contribution in [0.3, 0.4) is 0 Å². The molecule has 1 heterocycles. The molecule has 0 fully saturated rings. The van der Waals surface area contributed by atoms with Crippen LogP contribution in [0.5, 0.6) is 0 Å². The van der Waals surface area contributed by atoms with Gasteiger partial charge in [-0.05, 0) is 38.2 Å². The smallest absolute Gasteiger partial charge is 0.154 e. The Morgan fingerprint density at radius 1 is 1.50 bits per heavy atom. The summed E-state index contributed by atoms with van der Waals surface area (Å²) in [6.07, 6.45) is 4.57.